The molecule has 3 fully saturated rings. The van der Waals surface area contributed by atoms with Crippen LogP contribution >= 0.6 is 0 Å². The molecule has 1 aromatic carbocycles. The van der Waals surface area contributed by atoms with E-state index in [2.05, 4.69) is 26.8 Å². The Hall–Kier alpha value is -2.35. The molecule has 6 atom stereocenters. The third-order valence-electron chi connectivity index (χ3n) is 7.58. The van der Waals surface area contributed by atoms with Crippen molar-refractivity contribution in [3.63, 3.8) is 0 Å². The lowest BCUT2D eigenvalue weighted by Crippen LogP contribution is -2.55. The first-order valence-electron chi connectivity index (χ1n) is 11.7. The fraction of sp³-hybridized carbons (Fsp3) is 0.577. The average Bonchev–Trinajstić information content (AvgIpc) is 3.66. The summed E-state index contributed by atoms with van der Waals surface area (Å²) in [6.45, 7) is 7.05. The van der Waals surface area contributed by atoms with E-state index in [1.807, 2.05) is 24.3 Å². The fourth-order valence-electron chi connectivity index (χ4n) is 5.66. The van der Waals surface area contributed by atoms with Gasteiger partial charge in [0.05, 0.1) is 31.3 Å². The molecule has 2 aromatic rings. The fourth-order valence-corrected chi connectivity index (χ4v) is 5.66. The molecule has 1 aromatic heterocycles. The van der Waals surface area contributed by atoms with Gasteiger partial charge >= 0.3 is 6.09 Å². The highest BCUT2D eigenvalue weighted by Crippen LogP contribution is 2.59. The summed E-state index contributed by atoms with van der Waals surface area (Å²) in [7, 11) is 3.32. The topological polar surface area (TPSA) is 74.8 Å². The number of benzene rings is 1. The molecule has 5 rings (SSSR count). The first-order valence-corrected chi connectivity index (χ1v) is 11.7. The molecule has 178 valence electrons. The Balaban J connectivity index is 1.36. The molecule has 2 saturated heterocycles. The SMILES string of the molecule is COc1ccc2c(ccn2C(=O)O[C@@H]2CC[C@]3(CO3)[C@@H]([C@@]3(C)O[C@@H]3CC=C(C)C)[C@@H]2OC)c1. The van der Waals surface area contributed by atoms with E-state index in [1.54, 1.807) is 25.0 Å². The van der Waals surface area contributed by atoms with Crippen LogP contribution in [-0.2, 0) is 18.9 Å². The predicted octanol–water partition coefficient (Wildman–Crippen LogP) is 4.71. The number of methoxy groups -OCH3 is 2. The maximum atomic E-state index is 13.2. The molecule has 7 heteroatoms. The molecule has 3 aliphatic rings. The van der Waals surface area contributed by atoms with Gasteiger partial charge in [-0.1, -0.05) is 11.6 Å². The molecule has 0 N–H and O–H groups in total. The van der Waals surface area contributed by atoms with E-state index in [4.69, 9.17) is 23.7 Å². The molecule has 0 unspecified atom stereocenters. The van der Waals surface area contributed by atoms with Crippen molar-refractivity contribution in [3.05, 3.63) is 42.1 Å². The summed E-state index contributed by atoms with van der Waals surface area (Å²) in [5.41, 5.74) is 1.46. The van der Waals surface area contributed by atoms with Gasteiger partial charge in [0, 0.05) is 18.7 Å². The van der Waals surface area contributed by atoms with Gasteiger partial charge in [0.25, 0.3) is 0 Å². The summed E-state index contributed by atoms with van der Waals surface area (Å²) in [4.78, 5) is 13.2. The van der Waals surface area contributed by atoms with Gasteiger partial charge in [-0.3, -0.25) is 4.57 Å². The molecule has 2 aliphatic heterocycles. The van der Waals surface area contributed by atoms with Gasteiger partial charge in [0.1, 0.15) is 29.2 Å². The normalized spacial score (nSPS) is 34.8. The van der Waals surface area contributed by atoms with Crippen molar-refractivity contribution >= 4 is 17.0 Å². The third kappa shape index (κ3) is 3.86. The van der Waals surface area contributed by atoms with E-state index in [9.17, 15) is 4.79 Å². The van der Waals surface area contributed by atoms with Gasteiger partial charge in [-0.25, -0.2) is 4.79 Å². The molecule has 1 spiro atoms. The van der Waals surface area contributed by atoms with Gasteiger partial charge in [0.2, 0.25) is 0 Å². The zero-order valence-corrected chi connectivity index (χ0v) is 20.0. The highest BCUT2D eigenvalue weighted by atomic mass is 16.6. The van der Waals surface area contributed by atoms with E-state index in [0.29, 0.717) is 13.0 Å². The Kier molecular flexibility index (Phi) is 5.54. The second-order valence-corrected chi connectivity index (χ2v) is 9.91. The second kappa shape index (κ2) is 8.15. The minimum Gasteiger partial charge on any atom is -0.497 e. The van der Waals surface area contributed by atoms with Crippen molar-refractivity contribution in [2.45, 2.75) is 69.5 Å². The quantitative estimate of drug-likeness (QED) is 0.464. The van der Waals surface area contributed by atoms with Crippen LogP contribution in [-0.4, -0.2) is 61.0 Å². The molecule has 1 saturated carbocycles. The molecule has 0 radical (unpaired) electrons. The molecular weight excluding hydrogens is 422 g/mol. The minimum absolute atomic E-state index is 0.00257. The van der Waals surface area contributed by atoms with E-state index < -0.39 is 6.09 Å². The summed E-state index contributed by atoms with van der Waals surface area (Å²) in [6, 6.07) is 7.50. The van der Waals surface area contributed by atoms with E-state index in [1.165, 1.54) is 5.57 Å². The van der Waals surface area contributed by atoms with Crippen molar-refractivity contribution in [1.29, 1.82) is 0 Å². The first kappa shape index (κ1) is 22.4. The highest BCUT2D eigenvalue weighted by molar-refractivity contribution is 5.90. The number of hydrogen-bond acceptors (Lipinski definition) is 6. The Morgan fingerprint density at radius 3 is 2.73 bits per heavy atom. The highest BCUT2D eigenvalue weighted by Gasteiger charge is 2.72. The number of carbonyl (C=O) groups excluding carboxylic acids is 1. The number of allylic oxidation sites excluding steroid dienone is 1. The van der Waals surface area contributed by atoms with Crippen LogP contribution in [0.3, 0.4) is 0 Å². The summed E-state index contributed by atoms with van der Waals surface area (Å²) < 4.78 is 31.1. The number of fused-ring (bicyclic) bond motifs is 1. The number of ether oxygens (including phenoxy) is 5. The van der Waals surface area contributed by atoms with Gasteiger partial charge in [-0.15, -0.1) is 0 Å². The van der Waals surface area contributed by atoms with Crippen LogP contribution in [0.25, 0.3) is 10.9 Å². The Bertz CT molecular complexity index is 1080. The smallest absolute Gasteiger partial charge is 0.418 e. The van der Waals surface area contributed by atoms with Gasteiger partial charge in [-0.2, -0.15) is 0 Å². The Morgan fingerprint density at radius 2 is 2.06 bits per heavy atom. The minimum atomic E-state index is -0.406. The number of nitrogens with zero attached hydrogens (tertiary/aromatic N) is 1. The number of hydrogen-bond donors (Lipinski definition) is 0. The van der Waals surface area contributed by atoms with Crippen molar-refractivity contribution in [1.82, 2.24) is 4.57 Å². The van der Waals surface area contributed by atoms with Crippen LogP contribution in [0.1, 0.15) is 40.0 Å². The first-order chi connectivity index (χ1) is 15.8. The maximum absolute atomic E-state index is 13.2. The van der Waals surface area contributed by atoms with Crippen LogP contribution in [0.2, 0.25) is 0 Å². The number of epoxide rings is 2. The number of rotatable bonds is 6. The predicted molar refractivity (Wildman–Crippen MR) is 124 cm³/mol. The van der Waals surface area contributed by atoms with E-state index >= 15 is 0 Å². The number of carbonyl (C=O) groups is 1. The van der Waals surface area contributed by atoms with Gasteiger partial charge in [0.15, 0.2) is 0 Å². The van der Waals surface area contributed by atoms with Crippen LogP contribution in [0.15, 0.2) is 42.1 Å². The third-order valence-corrected chi connectivity index (χ3v) is 7.58. The lowest BCUT2D eigenvalue weighted by Gasteiger charge is -2.42. The molecule has 1 aliphatic carbocycles. The number of aromatic nitrogens is 1. The Labute approximate surface area is 194 Å². The van der Waals surface area contributed by atoms with Crippen LogP contribution < -0.4 is 4.74 Å². The summed E-state index contributed by atoms with van der Waals surface area (Å²) in [6.07, 6.45) is 5.38. The lowest BCUT2D eigenvalue weighted by molar-refractivity contribution is -0.117. The summed E-state index contributed by atoms with van der Waals surface area (Å²) >= 11 is 0. The maximum Gasteiger partial charge on any atom is 0.418 e. The van der Waals surface area contributed by atoms with Crippen molar-refractivity contribution < 1.29 is 28.5 Å². The molecule has 33 heavy (non-hydrogen) atoms. The zero-order chi connectivity index (χ0) is 23.4. The monoisotopic (exact) mass is 455 g/mol. The van der Waals surface area contributed by atoms with E-state index in [0.717, 1.165) is 29.5 Å². The van der Waals surface area contributed by atoms with Crippen LogP contribution in [0.5, 0.6) is 5.75 Å². The molecule has 7 nitrogen and oxygen atoms in total. The Morgan fingerprint density at radius 1 is 1.27 bits per heavy atom. The van der Waals surface area contributed by atoms with Crippen LogP contribution in [0, 0.1) is 5.92 Å². The average molecular weight is 456 g/mol. The van der Waals surface area contributed by atoms with Crippen LogP contribution in [0.4, 0.5) is 4.79 Å². The van der Waals surface area contributed by atoms with Gasteiger partial charge in [-0.05, 0) is 64.3 Å². The van der Waals surface area contributed by atoms with Crippen molar-refractivity contribution in [2.24, 2.45) is 5.92 Å². The zero-order valence-electron chi connectivity index (χ0n) is 20.0. The molecule has 0 bridgehead atoms. The standard InChI is InChI=1S/C26H33NO6/c1-16(2)6-9-21-25(3,33-21)23-22(30-5)20(10-12-26(23)15-31-26)32-24(28)27-13-11-17-14-18(29-4)7-8-19(17)27/h6-8,11,13-14,20-23H,9-10,12,15H2,1-5H3/t20-,21-,22-,23-,25+,26+/m1/s1. The van der Waals surface area contributed by atoms with Gasteiger partial charge < -0.3 is 23.7 Å². The summed E-state index contributed by atoms with van der Waals surface area (Å²) in [5.74, 6) is 0.751. The molecule has 3 heterocycles. The lowest BCUT2D eigenvalue weighted by atomic mass is 9.68. The molecular formula is C26H33NO6. The second-order valence-electron chi connectivity index (χ2n) is 9.91. The molecule has 0 amide bonds. The summed E-state index contributed by atoms with van der Waals surface area (Å²) in [5, 5.41) is 0.919. The van der Waals surface area contributed by atoms with E-state index in [-0.39, 0.29) is 35.4 Å². The van der Waals surface area contributed by atoms with Crippen molar-refractivity contribution in [3.8, 4) is 5.75 Å². The van der Waals surface area contributed by atoms with Crippen molar-refractivity contribution in [2.75, 3.05) is 20.8 Å². The largest absolute Gasteiger partial charge is 0.497 e.